The highest BCUT2D eigenvalue weighted by Crippen LogP contribution is 2.26. The van der Waals surface area contributed by atoms with Crippen LogP contribution in [0.3, 0.4) is 0 Å². The number of carbonyl (C=O) groups is 1. The van der Waals surface area contributed by atoms with Crippen LogP contribution in [0.2, 0.25) is 0 Å². The molecule has 156 valence electrons. The smallest absolute Gasteiger partial charge is 0.451 e. The van der Waals surface area contributed by atoms with Crippen LogP contribution in [0, 0.1) is 17.9 Å². The van der Waals surface area contributed by atoms with Gasteiger partial charge >= 0.3 is 6.18 Å². The van der Waals surface area contributed by atoms with Crippen molar-refractivity contribution in [3.8, 4) is 11.1 Å². The van der Waals surface area contributed by atoms with Gasteiger partial charge in [-0.15, -0.1) is 0 Å². The molecule has 30 heavy (non-hydrogen) atoms. The van der Waals surface area contributed by atoms with Crippen LogP contribution in [0.15, 0.2) is 49.1 Å². The van der Waals surface area contributed by atoms with Crippen LogP contribution in [0.4, 0.5) is 17.6 Å². The molecule has 0 saturated heterocycles. The highest BCUT2D eigenvalue weighted by Gasteiger charge is 2.34. The van der Waals surface area contributed by atoms with Crippen LogP contribution in [0.25, 0.3) is 11.1 Å². The van der Waals surface area contributed by atoms with Gasteiger partial charge in [0.05, 0.1) is 11.6 Å². The van der Waals surface area contributed by atoms with Crippen molar-refractivity contribution in [2.24, 2.45) is 0 Å². The lowest BCUT2D eigenvalue weighted by Crippen LogP contribution is -2.32. The summed E-state index contributed by atoms with van der Waals surface area (Å²) in [4.78, 5) is 19.1. The Morgan fingerprint density at radius 1 is 1.17 bits per heavy atom. The summed E-state index contributed by atoms with van der Waals surface area (Å²) in [5.74, 6) is -2.49. The van der Waals surface area contributed by atoms with E-state index < -0.39 is 29.8 Å². The maximum absolute atomic E-state index is 14.2. The normalized spacial score (nSPS) is 12.5. The maximum atomic E-state index is 14.2. The molecule has 0 aliphatic rings. The molecule has 0 aliphatic heterocycles. The lowest BCUT2D eigenvalue weighted by molar-refractivity contribution is -0.605. The van der Waals surface area contributed by atoms with Gasteiger partial charge in [-0.05, 0) is 31.5 Å². The van der Waals surface area contributed by atoms with Crippen molar-refractivity contribution in [2.45, 2.75) is 26.1 Å². The van der Waals surface area contributed by atoms with Crippen LogP contribution in [0.1, 0.15) is 40.3 Å². The van der Waals surface area contributed by atoms with E-state index in [1.165, 1.54) is 25.1 Å². The largest absolute Gasteiger partial charge is 0.619 e. The van der Waals surface area contributed by atoms with Crippen molar-refractivity contribution >= 4 is 5.91 Å². The lowest BCUT2D eigenvalue weighted by atomic mass is 10.0. The fourth-order valence-electron chi connectivity index (χ4n) is 2.75. The molecular formula is C20H16F4N4O2. The molecule has 0 aliphatic carbocycles. The average molecular weight is 420 g/mol. The Hall–Kier alpha value is -3.56. The number of nitrogens with one attached hydrogen (secondary N) is 1. The summed E-state index contributed by atoms with van der Waals surface area (Å²) in [6.07, 6.45) is -0.587. The Morgan fingerprint density at radius 3 is 2.43 bits per heavy atom. The standard InChI is InChI=1S/C20H16F4N4O2/c1-11-3-4-16(17(21)5-11)13-6-14(10-28(30)9-13)18(29)27-12(2)15-7-25-19(26-8-15)20(22,23)24/h3-10,12H,1-2H3,(H,27,29)/t12-/m1/s1. The van der Waals surface area contributed by atoms with Gasteiger partial charge in [-0.3, -0.25) is 4.79 Å². The van der Waals surface area contributed by atoms with Crippen LogP contribution in [-0.4, -0.2) is 15.9 Å². The minimum Gasteiger partial charge on any atom is -0.619 e. The number of aryl methyl sites for hydroxylation is 1. The molecule has 1 atom stereocenters. The fourth-order valence-corrected chi connectivity index (χ4v) is 2.75. The number of rotatable bonds is 4. The second-order valence-electron chi connectivity index (χ2n) is 6.69. The summed E-state index contributed by atoms with van der Waals surface area (Å²) < 4.78 is 52.3. The summed E-state index contributed by atoms with van der Waals surface area (Å²) in [5.41, 5.74) is 1.27. The van der Waals surface area contributed by atoms with Crippen molar-refractivity contribution in [1.29, 1.82) is 0 Å². The van der Waals surface area contributed by atoms with E-state index in [0.717, 1.165) is 24.8 Å². The van der Waals surface area contributed by atoms with Gasteiger partial charge in [0.25, 0.3) is 5.91 Å². The fraction of sp³-hybridized carbons (Fsp3) is 0.200. The van der Waals surface area contributed by atoms with Gasteiger partial charge in [-0.1, -0.05) is 12.1 Å². The second-order valence-corrected chi connectivity index (χ2v) is 6.69. The highest BCUT2D eigenvalue weighted by molar-refractivity contribution is 5.95. The molecule has 3 aromatic rings. The monoisotopic (exact) mass is 420 g/mol. The number of hydrogen-bond donors (Lipinski definition) is 1. The number of hydrogen-bond acceptors (Lipinski definition) is 4. The third-order valence-corrected chi connectivity index (χ3v) is 4.31. The van der Waals surface area contributed by atoms with E-state index in [4.69, 9.17) is 0 Å². The number of carbonyl (C=O) groups excluding carboxylic acids is 1. The predicted molar refractivity (Wildman–Crippen MR) is 98.4 cm³/mol. The molecule has 1 N–H and O–H groups in total. The van der Waals surface area contributed by atoms with Gasteiger partial charge in [-0.2, -0.15) is 17.9 Å². The van der Waals surface area contributed by atoms with Crippen molar-refractivity contribution in [3.05, 3.63) is 82.6 Å². The summed E-state index contributed by atoms with van der Waals surface area (Å²) in [5, 5.41) is 14.5. The third kappa shape index (κ3) is 4.70. The van der Waals surface area contributed by atoms with Gasteiger partial charge in [0.1, 0.15) is 11.4 Å². The number of alkyl halides is 3. The Balaban J connectivity index is 1.82. The SMILES string of the molecule is Cc1ccc(-c2cc(C(=O)N[C@H](C)c3cnc(C(F)(F)F)nc3)c[n+]([O-])c2)c(F)c1. The van der Waals surface area contributed by atoms with E-state index in [2.05, 4.69) is 15.3 Å². The Kier molecular flexibility index (Phi) is 5.68. The zero-order valence-electron chi connectivity index (χ0n) is 15.9. The van der Waals surface area contributed by atoms with Crippen LogP contribution in [0.5, 0.6) is 0 Å². The maximum Gasteiger partial charge on any atom is 0.451 e. The summed E-state index contributed by atoms with van der Waals surface area (Å²) in [6, 6.07) is 5.11. The van der Waals surface area contributed by atoms with Gasteiger partial charge < -0.3 is 10.5 Å². The number of benzene rings is 1. The Morgan fingerprint density at radius 2 is 1.83 bits per heavy atom. The van der Waals surface area contributed by atoms with Crippen LogP contribution in [-0.2, 0) is 6.18 Å². The molecule has 2 aromatic heterocycles. The number of pyridine rings is 1. The predicted octanol–water partition coefficient (Wildman–Crippen LogP) is 3.73. The van der Waals surface area contributed by atoms with E-state index in [-0.39, 0.29) is 22.3 Å². The topological polar surface area (TPSA) is 81.8 Å². The summed E-state index contributed by atoms with van der Waals surface area (Å²) in [7, 11) is 0. The molecule has 10 heteroatoms. The molecule has 0 fully saturated rings. The molecule has 0 radical (unpaired) electrons. The van der Waals surface area contributed by atoms with Gasteiger partial charge in [0.15, 0.2) is 12.4 Å². The summed E-state index contributed by atoms with van der Waals surface area (Å²) >= 11 is 0. The molecule has 0 spiro atoms. The molecule has 6 nitrogen and oxygen atoms in total. The lowest BCUT2D eigenvalue weighted by Gasteiger charge is -2.14. The van der Waals surface area contributed by atoms with Crippen LogP contribution >= 0.6 is 0 Å². The van der Waals surface area contributed by atoms with E-state index in [9.17, 15) is 27.6 Å². The molecule has 0 unspecified atom stereocenters. The second kappa shape index (κ2) is 8.05. The van der Waals surface area contributed by atoms with E-state index in [0.29, 0.717) is 10.3 Å². The first kappa shape index (κ1) is 21.2. The quantitative estimate of drug-likeness (QED) is 0.396. The van der Waals surface area contributed by atoms with Crippen LogP contribution < -0.4 is 10.0 Å². The Bertz CT molecular complexity index is 1090. The average Bonchev–Trinajstić information content (AvgIpc) is 2.66. The van der Waals surface area contributed by atoms with E-state index in [1.807, 2.05) is 0 Å². The highest BCUT2D eigenvalue weighted by atomic mass is 19.4. The zero-order chi connectivity index (χ0) is 22.1. The molecule has 1 amide bonds. The molecular weight excluding hydrogens is 404 g/mol. The van der Waals surface area contributed by atoms with Crippen molar-refractivity contribution in [1.82, 2.24) is 15.3 Å². The van der Waals surface area contributed by atoms with Crippen molar-refractivity contribution in [2.75, 3.05) is 0 Å². The van der Waals surface area contributed by atoms with E-state index in [1.54, 1.807) is 13.0 Å². The minimum absolute atomic E-state index is 0.0397. The number of aromatic nitrogens is 3. The molecule has 3 rings (SSSR count). The zero-order valence-corrected chi connectivity index (χ0v) is 15.9. The number of amides is 1. The number of nitrogens with zero attached hydrogens (tertiary/aromatic N) is 3. The van der Waals surface area contributed by atoms with Gasteiger partial charge in [0, 0.05) is 23.5 Å². The third-order valence-electron chi connectivity index (χ3n) is 4.31. The van der Waals surface area contributed by atoms with Gasteiger partial charge in [0.2, 0.25) is 5.82 Å². The first-order valence-electron chi connectivity index (χ1n) is 8.75. The summed E-state index contributed by atoms with van der Waals surface area (Å²) in [6.45, 7) is 3.25. The first-order valence-corrected chi connectivity index (χ1v) is 8.75. The van der Waals surface area contributed by atoms with Crippen molar-refractivity contribution in [3.63, 3.8) is 0 Å². The molecule has 1 aromatic carbocycles. The minimum atomic E-state index is -4.67. The number of halogens is 4. The first-order chi connectivity index (χ1) is 14.0. The van der Waals surface area contributed by atoms with E-state index >= 15 is 0 Å². The van der Waals surface area contributed by atoms with Crippen molar-refractivity contribution < 1.29 is 27.1 Å². The molecule has 0 bridgehead atoms. The van der Waals surface area contributed by atoms with Gasteiger partial charge in [-0.25, -0.2) is 14.4 Å². The Labute approximate surface area is 168 Å². The molecule has 2 heterocycles. The molecule has 0 saturated carbocycles.